The lowest BCUT2D eigenvalue weighted by Crippen LogP contribution is -2.45. The predicted molar refractivity (Wildman–Crippen MR) is 355 cm³/mol. The van der Waals surface area contributed by atoms with E-state index in [1.807, 2.05) is 27.2 Å². The van der Waals surface area contributed by atoms with E-state index in [9.17, 15) is 19.4 Å². The number of allylic oxidation sites excluding steroid dienone is 15. The van der Waals surface area contributed by atoms with Crippen molar-refractivity contribution in [3.05, 3.63) is 97.2 Å². The highest BCUT2D eigenvalue weighted by Crippen LogP contribution is 2.43. The molecule has 0 aromatic rings. The number of carbonyl (C=O) groups is 1. The third-order valence-electron chi connectivity index (χ3n) is 15.0. The topological polar surface area (TPSA) is 105 Å². The maximum Gasteiger partial charge on any atom is 0.472 e. The van der Waals surface area contributed by atoms with Crippen molar-refractivity contribution in [3.8, 4) is 0 Å². The molecule has 3 atom stereocenters. The fraction of sp³-hybridized carbons (Fsp3) is 0.764. The number of phosphoric ester groups is 1. The molecule has 0 fully saturated rings. The van der Waals surface area contributed by atoms with Crippen LogP contribution in [0, 0.1) is 0 Å². The number of carbonyl (C=O) groups excluding carboxylic acids is 1. The predicted octanol–water partition coefficient (Wildman–Crippen LogP) is 21.7. The molecule has 0 aromatic carbocycles. The van der Waals surface area contributed by atoms with Crippen molar-refractivity contribution in [1.82, 2.24) is 5.32 Å². The van der Waals surface area contributed by atoms with E-state index in [0.29, 0.717) is 17.4 Å². The summed E-state index contributed by atoms with van der Waals surface area (Å²) in [6.07, 6.45) is 89.8. The van der Waals surface area contributed by atoms with Crippen LogP contribution >= 0.6 is 7.82 Å². The van der Waals surface area contributed by atoms with Crippen molar-refractivity contribution in [1.29, 1.82) is 0 Å². The maximum atomic E-state index is 13.0. The summed E-state index contributed by atoms with van der Waals surface area (Å²) in [5.74, 6) is -0.184. The van der Waals surface area contributed by atoms with Gasteiger partial charge in [-0.25, -0.2) is 4.57 Å². The molecule has 8 nitrogen and oxygen atoms in total. The fourth-order valence-electron chi connectivity index (χ4n) is 9.77. The standard InChI is InChI=1S/C72H131N2O6P/c1-6-8-10-12-14-16-18-20-22-24-26-28-29-30-31-32-33-34-35-36-37-38-39-40-41-42-43-44-45-46-48-50-52-54-56-58-60-62-64-66-72(76)73-70(69-80-81(77,78)79-68-67-74(3,4)5)71(75)65-63-61-59-57-55-53-51-49-47-27-25-23-21-19-17-15-13-11-9-7-2/h8,10,14,16,20,22,26,28,30-31,33-34,55,57,63,65,70-71,75H,6-7,9,11-13,15,17-19,21,23-25,27,29,32,35-54,56,58-62,64,66-69H2,1-5H3,(H-,73,76,77,78)/p+1/b10-8-,16-14-,22-20-,28-26-,31-30-,34-33-,57-55+,65-63+. The second-order valence-electron chi connectivity index (χ2n) is 24.2. The van der Waals surface area contributed by atoms with Gasteiger partial charge in [0.15, 0.2) is 0 Å². The molecule has 0 bridgehead atoms. The Labute approximate surface area is 502 Å². The number of quaternary nitrogens is 1. The Bertz CT molecular complexity index is 1640. The molecular weight excluding hydrogens is 1020 g/mol. The molecule has 470 valence electrons. The zero-order valence-electron chi connectivity index (χ0n) is 53.8. The van der Waals surface area contributed by atoms with Crippen molar-refractivity contribution in [2.24, 2.45) is 0 Å². The Kier molecular flexibility index (Phi) is 60.0. The largest absolute Gasteiger partial charge is 0.472 e. The highest BCUT2D eigenvalue weighted by molar-refractivity contribution is 7.47. The zero-order chi connectivity index (χ0) is 59.1. The Morgan fingerprint density at radius 1 is 0.432 bits per heavy atom. The van der Waals surface area contributed by atoms with Crippen LogP contribution in [-0.2, 0) is 18.4 Å². The van der Waals surface area contributed by atoms with E-state index in [2.05, 4.69) is 104 Å². The minimum atomic E-state index is -4.36. The van der Waals surface area contributed by atoms with Gasteiger partial charge < -0.3 is 19.8 Å². The Hall–Kier alpha value is -2.58. The number of hydrogen-bond donors (Lipinski definition) is 3. The molecule has 3 unspecified atom stereocenters. The molecule has 9 heteroatoms. The smallest absolute Gasteiger partial charge is 0.387 e. The molecule has 0 aliphatic heterocycles. The van der Waals surface area contributed by atoms with E-state index >= 15 is 0 Å². The first kappa shape index (κ1) is 78.4. The van der Waals surface area contributed by atoms with Crippen molar-refractivity contribution < 1.29 is 32.9 Å². The SMILES string of the molecule is CC/C=C\C/C=C\C/C=C\C/C=C\C/C=C\C/C=C\CCCCCCCCCCCCCCCCCCCCCCC(=O)NC(COP(=O)(O)OCC[N+](C)(C)C)C(O)/C=C/CC/C=C/CCCCCCCCCCCCCCCC. The highest BCUT2D eigenvalue weighted by atomic mass is 31.2. The number of nitrogens with zero attached hydrogens (tertiary/aromatic N) is 1. The first-order valence-corrected chi connectivity index (χ1v) is 35.6. The van der Waals surface area contributed by atoms with Gasteiger partial charge in [-0.15, -0.1) is 0 Å². The highest BCUT2D eigenvalue weighted by Gasteiger charge is 2.28. The first-order valence-electron chi connectivity index (χ1n) is 34.1. The molecule has 0 aromatic heterocycles. The fourth-order valence-corrected chi connectivity index (χ4v) is 10.5. The van der Waals surface area contributed by atoms with Crippen LogP contribution in [0.15, 0.2) is 97.2 Å². The number of amides is 1. The second-order valence-corrected chi connectivity index (χ2v) is 25.6. The number of rotatable bonds is 62. The van der Waals surface area contributed by atoms with Crippen LogP contribution < -0.4 is 5.32 Å². The number of phosphoric acid groups is 1. The van der Waals surface area contributed by atoms with Gasteiger partial charge in [-0.2, -0.15) is 0 Å². The minimum Gasteiger partial charge on any atom is -0.387 e. The lowest BCUT2D eigenvalue weighted by molar-refractivity contribution is -0.870. The zero-order valence-corrected chi connectivity index (χ0v) is 54.6. The summed E-state index contributed by atoms with van der Waals surface area (Å²) in [6, 6.07) is -0.867. The quantitative estimate of drug-likeness (QED) is 0.0243. The summed E-state index contributed by atoms with van der Waals surface area (Å²) in [5, 5.41) is 14.0. The third kappa shape index (κ3) is 64.8. The molecule has 0 rings (SSSR count). The molecule has 0 saturated heterocycles. The van der Waals surface area contributed by atoms with Crippen molar-refractivity contribution in [2.75, 3.05) is 40.9 Å². The van der Waals surface area contributed by atoms with Gasteiger partial charge in [-0.1, -0.05) is 310 Å². The van der Waals surface area contributed by atoms with E-state index in [1.54, 1.807) is 6.08 Å². The van der Waals surface area contributed by atoms with Crippen LogP contribution in [0.1, 0.15) is 303 Å². The summed E-state index contributed by atoms with van der Waals surface area (Å²) >= 11 is 0. The van der Waals surface area contributed by atoms with Crippen LogP contribution in [0.25, 0.3) is 0 Å². The summed E-state index contributed by atoms with van der Waals surface area (Å²) in [6.45, 7) is 4.71. The molecule has 0 aliphatic rings. The van der Waals surface area contributed by atoms with E-state index in [4.69, 9.17) is 9.05 Å². The molecule has 0 heterocycles. The van der Waals surface area contributed by atoms with E-state index in [0.717, 1.165) is 77.0 Å². The average Bonchev–Trinajstić information content (AvgIpc) is 3.43. The molecule has 81 heavy (non-hydrogen) atoms. The van der Waals surface area contributed by atoms with Crippen LogP contribution in [0.4, 0.5) is 0 Å². The van der Waals surface area contributed by atoms with Gasteiger partial charge in [-0.05, 0) is 83.5 Å². The third-order valence-corrected chi connectivity index (χ3v) is 16.0. The Balaban J connectivity index is 4.02. The van der Waals surface area contributed by atoms with Crippen molar-refractivity contribution >= 4 is 13.7 Å². The van der Waals surface area contributed by atoms with Crippen LogP contribution in [-0.4, -0.2) is 73.4 Å². The maximum absolute atomic E-state index is 13.0. The lowest BCUT2D eigenvalue weighted by atomic mass is 10.0. The van der Waals surface area contributed by atoms with Gasteiger partial charge in [0.2, 0.25) is 5.91 Å². The number of hydrogen-bond acceptors (Lipinski definition) is 5. The monoisotopic (exact) mass is 1150 g/mol. The molecule has 0 saturated carbocycles. The second kappa shape index (κ2) is 62.0. The van der Waals surface area contributed by atoms with Gasteiger partial charge in [0.05, 0.1) is 39.9 Å². The van der Waals surface area contributed by atoms with E-state index < -0.39 is 20.0 Å². The Morgan fingerprint density at radius 3 is 1.14 bits per heavy atom. The number of aliphatic hydroxyl groups is 1. The minimum absolute atomic E-state index is 0.0548. The Morgan fingerprint density at radius 2 is 0.753 bits per heavy atom. The van der Waals surface area contributed by atoms with Gasteiger partial charge in [0.25, 0.3) is 0 Å². The summed E-state index contributed by atoms with van der Waals surface area (Å²) in [5.41, 5.74) is 0. The van der Waals surface area contributed by atoms with Gasteiger partial charge >= 0.3 is 7.82 Å². The van der Waals surface area contributed by atoms with E-state index in [-0.39, 0.29) is 19.1 Å². The molecule has 0 radical (unpaired) electrons. The number of aliphatic hydroxyl groups excluding tert-OH is 1. The molecule has 0 aliphatic carbocycles. The number of likely N-dealkylation sites (N-methyl/N-ethyl adjacent to an activating group) is 1. The number of nitrogens with one attached hydrogen (secondary N) is 1. The van der Waals surface area contributed by atoms with E-state index in [1.165, 1.54) is 205 Å². The molecule has 0 spiro atoms. The molecule has 3 N–H and O–H groups in total. The summed E-state index contributed by atoms with van der Waals surface area (Å²) < 4.78 is 23.8. The number of unbranched alkanes of at least 4 members (excludes halogenated alkanes) is 35. The average molecular weight is 1150 g/mol. The first-order chi connectivity index (χ1) is 39.5. The van der Waals surface area contributed by atoms with Crippen molar-refractivity contribution in [2.45, 2.75) is 315 Å². The molecular formula is C72H132N2O6P+. The van der Waals surface area contributed by atoms with Crippen LogP contribution in [0.3, 0.4) is 0 Å². The molecule has 1 amide bonds. The van der Waals surface area contributed by atoms with Gasteiger partial charge in [0.1, 0.15) is 13.2 Å². The lowest BCUT2D eigenvalue weighted by Gasteiger charge is -2.25. The summed E-state index contributed by atoms with van der Waals surface area (Å²) in [4.78, 5) is 23.4. The van der Waals surface area contributed by atoms with Gasteiger partial charge in [-0.3, -0.25) is 13.8 Å². The van der Waals surface area contributed by atoms with Crippen LogP contribution in [0.5, 0.6) is 0 Å². The summed E-state index contributed by atoms with van der Waals surface area (Å²) in [7, 11) is 1.56. The normalized spacial score (nSPS) is 14.3. The van der Waals surface area contributed by atoms with Crippen molar-refractivity contribution in [3.63, 3.8) is 0 Å². The van der Waals surface area contributed by atoms with Crippen LogP contribution in [0.2, 0.25) is 0 Å². The van der Waals surface area contributed by atoms with Gasteiger partial charge in [0, 0.05) is 6.42 Å².